The standard InChI is InChI=1S/C33H49NO4/c1-21(9-14-30(36)34-29(31(37)38)19-22-7-5-4-6-8-22)26-12-13-27-25-11-10-23-20-24(35)15-17-32(23,2)28(25)16-18-33(26,27)3/h4-8,21,23-29,35H,9-20H2,1-3H3,(H,34,36)(H,37,38)/t21-,23?,24-,25+,26-,27+,28+,29+,32+,33-/m1/s1. The van der Waals surface area contributed by atoms with Crippen LogP contribution in [0.25, 0.3) is 0 Å². The van der Waals surface area contributed by atoms with Gasteiger partial charge in [-0.25, -0.2) is 4.79 Å². The number of nitrogens with one attached hydrogen (secondary N) is 1. The van der Waals surface area contributed by atoms with E-state index < -0.39 is 12.0 Å². The highest BCUT2D eigenvalue weighted by Gasteiger charge is 2.60. The quantitative estimate of drug-likeness (QED) is 0.377. The van der Waals surface area contributed by atoms with Gasteiger partial charge in [0.1, 0.15) is 6.04 Å². The first-order valence-corrected chi connectivity index (χ1v) is 15.4. The molecule has 5 nitrogen and oxygen atoms in total. The molecule has 0 bridgehead atoms. The first-order chi connectivity index (χ1) is 18.1. The Bertz CT molecular complexity index is 996. The van der Waals surface area contributed by atoms with E-state index in [0.717, 1.165) is 42.6 Å². The van der Waals surface area contributed by atoms with Gasteiger partial charge in [0, 0.05) is 12.8 Å². The number of carboxylic acids is 1. The second-order valence-corrected chi connectivity index (χ2v) is 14.0. The van der Waals surface area contributed by atoms with Crippen molar-refractivity contribution in [3.05, 3.63) is 35.9 Å². The fourth-order valence-corrected chi connectivity index (χ4v) is 10.1. The van der Waals surface area contributed by atoms with E-state index in [9.17, 15) is 19.8 Å². The number of fused-ring (bicyclic) bond motifs is 5. The summed E-state index contributed by atoms with van der Waals surface area (Å²) in [7, 11) is 0. The van der Waals surface area contributed by atoms with Crippen molar-refractivity contribution in [3.8, 4) is 0 Å². The van der Waals surface area contributed by atoms with Gasteiger partial charge in [0.05, 0.1) is 6.10 Å². The number of rotatable bonds is 8. The minimum absolute atomic E-state index is 0.0866. The normalized spacial score (nSPS) is 39.8. The summed E-state index contributed by atoms with van der Waals surface area (Å²) in [5.41, 5.74) is 1.68. The molecule has 0 radical (unpaired) electrons. The van der Waals surface area contributed by atoms with E-state index in [-0.39, 0.29) is 12.0 Å². The average molecular weight is 524 g/mol. The maximum atomic E-state index is 12.8. The van der Waals surface area contributed by atoms with Gasteiger partial charge >= 0.3 is 5.97 Å². The van der Waals surface area contributed by atoms with Crippen LogP contribution in [0.1, 0.15) is 97.0 Å². The summed E-state index contributed by atoms with van der Waals surface area (Å²) in [5.74, 6) is 3.09. The number of hydrogen-bond acceptors (Lipinski definition) is 3. The van der Waals surface area contributed by atoms with Crippen molar-refractivity contribution in [2.45, 2.75) is 110 Å². The SMILES string of the molecule is C[C@H](CCC(=O)N[C@@H](Cc1ccccc1)C(=O)O)[C@H]1CC[C@H]2[C@@H]3CCC4C[C@H](O)CC[C@]4(C)[C@H]3CC[C@]12C. The number of aliphatic carboxylic acids is 1. The van der Waals surface area contributed by atoms with Gasteiger partial charge in [-0.3, -0.25) is 4.79 Å². The number of carbonyl (C=O) groups is 2. The zero-order valence-electron chi connectivity index (χ0n) is 23.7. The Morgan fingerprint density at radius 2 is 1.68 bits per heavy atom. The molecular weight excluding hydrogens is 474 g/mol. The predicted molar refractivity (Wildman–Crippen MR) is 149 cm³/mol. The topological polar surface area (TPSA) is 86.6 Å². The van der Waals surface area contributed by atoms with Crippen LogP contribution in [0.3, 0.4) is 0 Å². The number of hydrogen-bond donors (Lipinski definition) is 3. The second kappa shape index (κ2) is 10.9. The Morgan fingerprint density at radius 3 is 2.42 bits per heavy atom. The van der Waals surface area contributed by atoms with Gasteiger partial charge < -0.3 is 15.5 Å². The molecule has 210 valence electrons. The molecule has 5 rings (SSSR count). The Morgan fingerprint density at radius 1 is 0.974 bits per heavy atom. The molecule has 0 aromatic heterocycles. The van der Waals surface area contributed by atoms with Crippen molar-refractivity contribution in [3.63, 3.8) is 0 Å². The second-order valence-electron chi connectivity index (χ2n) is 14.0. The molecule has 38 heavy (non-hydrogen) atoms. The number of benzene rings is 1. The fourth-order valence-electron chi connectivity index (χ4n) is 10.1. The number of carbonyl (C=O) groups excluding carboxylic acids is 1. The molecule has 4 aliphatic carbocycles. The zero-order chi connectivity index (χ0) is 27.1. The third kappa shape index (κ3) is 5.17. The smallest absolute Gasteiger partial charge is 0.326 e. The van der Waals surface area contributed by atoms with Crippen molar-refractivity contribution in [1.82, 2.24) is 5.32 Å². The lowest BCUT2D eigenvalue weighted by Crippen LogP contribution is -2.54. The van der Waals surface area contributed by atoms with E-state index in [4.69, 9.17) is 0 Å². The summed E-state index contributed by atoms with van der Waals surface area (Å²) in [5, 5.41) is 22.8. The van der Waals surface area contributed by atoms with Gasteiger partial charge in [-0.05, 0) is 116 Å². The van der Waals surface area contributed by atoms with E-state index in [2.05, 4.69) is 26.1 Å². The fraction of sp³-hybridized carbons (Fsp3) is 0.758. The van der Waals surface area contributed by atoms with Crippen LogP contribution < -0.4 is 5.32 Å². The lowest BCUT2D eigenvalue weighted by molar-refractivity contribution is -0.141. The molecule has 5 heteroatoms. The number of aliphatic hydroxyl groups is 1. The van der Waals surface area contributed by atoms with Gasteiger partial charge in [-0.2, -0.15) is 0 Å². The third-order valence-electron chi connectivity index (χ3n) is 12.1. The molecule has 1 amide bonds. The van der Waals surface area contributed by atoms with Crippen molar-refractivity contribution in [2.75, 3.05) is 0 Å². The number of amides is 1. The van der Waals surface area contributed by atoms with Crippen LogP contribution in [0.4, 0.5) is 0 Å². The summed E-state index contributed by atoms with van der Waals surface area (Å²) in [6.45, 7) is 7.44. The van der Waals surface area contributed by atoms with Gasteiger partial charge in [0.2, 0.25) is 5.91 Å². The van der Waals surface area contributed by atoms with Crippen LogP contribution in [0.5, 0.6) is 0 Å². The van der Waals surface area contributed by atoms with Crippen LogP contribution in [0.2, 0.25) is 0 Å². The molecule has 1 unspecified atom stereocenters. The number of carboxylic acid groups (broad SMARTS) is 1. The van der Waals surface area contributed by atoms with E-state index >= 15 is 0 Å². The minimum Gasteiger partial charge on any atom is -0.480 e. The predicted octanol–water partition coefficient (Wildman–Crippen LogP) is 6.23. The molecule has 1 aromatic rings. The van der Waals surface area contributed by atoms with Gasteiger partial charge in [0.25, 0.3) is 0 Å². The van der Waals surface area contributed by atoms with E-state index in [0.29, 0.717) is 41.4 Å². The van der Waals surface area contributed by atoms with E-state index in [1.54, 1.807) is 0 Å². The molecule has 4 aliphatic rings. The van der Waals surface area contributed by atoms with Crippen molar-refractivity contribution >= 4 is 11.9 Å². The third-order valence-corrected chi connectivity index (χ3v) is 12.1. The molecule has 10 atom stereocenters. The summed E-state index contributed by atoms with van der Waals surface area (Å²) in [6, 6.07) is 8.62. The molecule has 1 aromatic carbocycles. The molecule has 3 N–H and O–H groups in total. The van der Waals surface area contributed by atoms with E-state index in [1.165, 1.54) is 44.9 Å². The van der Waals surface area contributed by atoms with Gasteiger partial charge in [-0.15, -0.1) is 0 Å². The van der Waals surface area contributed by atoms with Crippen molar-refractivity contribution in [1.29, 1.82) is 0 Å². The van der Waals surface area contributed by atoms with Crippen LogP contribution in [0.15, 0.2) is 30.3 Å². The molecule has 0 heterocycles. The van der Waals surface area contributed by atoms with Crippen LogP contribution in [0, 0.1) is 46.3 Å². The first-order valence-electron chi connectivity index (χ1n) is 15.4. The summed E-state index contributed by atoms with van der Waals surface area (Å²) < 4.78 is 0. The lowest BCUT2D eigenvalue weighted by Gasteiger charge is -2.61. The largest absolute Gasteiger partial charge is 0.480 e. The van der Waals surface area contributed by atoms with Crippen molar-refractivity contribution in [2.24, 2.45) is 46.3 Å². The highest BCUT2D eigenvalue weighted by atomic mass is 16.4. The van der Waals surface area contributed by atoms with Crippen LogP contribution in [-0.4, -0.2) is 34.2 Å². The molecule has 4 fully saturated rings. The minimum atomic E-state index is -0.978. The Kier molecular flexibility index (Phi) is 7.97. The zero-order valence-corrected chi connectivity index (χ0v) is 23.7. The van der Waals surface area contributed by atoms with E-state index in [1.807, 2.05) is 30.3 Å². The highest BCUT2D eigenvalue weighted by molar-refractivity contribution is 5.83. The summed E-state index contributed by atoms with van der Waals surface area (Å²) in [6.07, 6.45) is 12.4. The average Bonchev–Trinajstić information content (AvgIpc) is 3.25. The molecule has 0 spiro atoms. The molecular formula is C33H49NO4. The summed E-state index contributed by atoms with van der Waals surface area (Å²) >= 11 is 0. The molecule has 0 aliphatic heterocycles. The lowest BCUT2D eigenvalue weighted by atomic mass is 9.44. The monoisotopic (exact) mass is 523 g/mol. The summed E-state index contributed by atoms with van der Waals surface area (Å²) in [4.78, 5) is 24.6. The Hall–Kier alpha value is -1.88. The first kappa shape index (κ1) is 27.7. The van der Waals surface area contributed by atoms with Gasteiger partial charge in [0.15, 0.2) is 0 Å². The number of aliphatic hydroxyl groups excluding tert-OH is 1. The molecule has 4 saturated carbocycles. The maximum Gasteiger partial charge on any atom is 0.326 e. The Balaban J connectivity index is 1.18. The highest BCUT2D eigenvalue weighted by Crippen LogP contribution is 2.68. The van der Waals surface area contributed by atoms with Crippen molar-refractivity contribution < 1.29 is 19.8 Å². The van der Waals surface area contributed by atoms with Crippen LogP contribution >= 0.6 is 0 Å². The molecule has 0 saturated heterocycles. The maximum absolute atomic E-state index is 12.8. The van der Waals surface area contributed by atoms with Crippen LogP contribution in [-0.2, 0) is 16.0 Å². The Labute approximate surface area is 229 Å². The van der Waals surface area contributed by atoms with Gasteiger partial charge in [-0.1, -0.05) is 51.1 Å².